The summed E-state index contributed by atoms with van der Waals surface area (Å²) in [5, 5.41) is 3.36. The molecule has 0 amide bonds. The molecule has 1 aliphatic rings. The van der Waals surface area contributed by atoms with Crippen LogP contribution in [0.2, 0.25) is 0 Å². The fourth-order valence-corrected chi connectivity index (χ4v) is 3.36. The third-order valence-corrected chi connectivity index (χ3v) is 4.94. The van der Waals surface area contributed by atoms with Gasteiger partial charge in [-0.2, -0.15) is 0 Å². The van der Waals surface area contributed by atoms with E-state index in [0.717, 1.165) is 41.6 Å². The summed E-state index contributed by atoms with van der Waals surface area (Å²) in [4.78, 5) is 4.60. The zero-order valence-electron chi connectivity index (χ0n) is 17.1. The average Bonchev–Trinajstić information content (AvgIpc) is 3.34. The van der Waals surface area contributed by atoms with Gasteiger partial charge in [-0.15, -0.1) is 0 Å². The molecule has 30 heavy (non-hydrogen) atoms. The maximum Gasteiger partial charge on any atom is 0.162 e. The predicted octanol–water partition coefficient (Wildman–Crippen LogP) is 4.27. The third kappa shape index (κ3) is 5.11. The van der Waals surface area contributed by atoms with Gasteiger partial charge < -0.3 is 19.5 Å². The summed E-state index contributed by atoms with van der Waals surface area (Å²) in [7, 11) is 1.67. The van der Waals surface area contributed by atoms with Crippen LogP contribution in [0.5, 0.6) is 17.2 Å². The smallest absolute Gasteiger partial charge is 0.162 e. The standard InChI is InChI=1S/C25H26N2O3/c1-28-21-13-11-19(12-14-21)17-24(25-26-15-16-27-25)30-23-10-6-5-9-22(23)29-18-20-7-3-2-4-8-20/h2-14,24H,15-18H2,1H3,(H,26,27). The number of nitrogens with one attached hydrogen (secondary N) is 1. The Hall–Kier alpha value is -3.47. The van der Waals surface area contributed by atoms with Gasteiger partial charge in [-0.1, -0.05) is 54.6 Å². The molecule has 4 rings (SSSR count). The number of methoxy groups -OCH3 is 1. The van der Waals surface area contributed by atoms with Crippen molar-refractivity contribution in [3.05, 3.63) is 90.0 Å². The monoisotopic (exact) mass is 402 g/mol. The molecular formula is C25H26N2O3. The highest BCUT2D eigenvalue weighted by molar-refractivity contribution is 5.88. The number of benzene rings is 3. The van der Waals surface area contributed by atoms with E-state index in [1.165, 1.54) is 0 Å². The molecule has 0 bridgehead atoms. The van der Waals surface area contributed by atoms with Crippen molar-refractivity contribution >= 4 is 5.84 Å². The van der Waals surface area contributed by atoms with E-state index in [9.17, 15) is 0 Å². The van der Waals surface area contributed by atoms with Gasteiger partial charge in [0.15, 0.2) is 17.6 Å². The summed E-state index contributed by atoms with van der Waals surface area (Å²) in [6.45, 7) is 2.09. The minimum absolute atomic E-state index is 0.220. The Morgan fingerprint density at radius 3 is 2.30 bits per heavy atom. The van der Waals surface area contributed by atoms with Gasteiger partial charge in [0.05, 0.1) is 13.7 Å². The summed E-state index contributed by atoms with van der Waals surface area (Å²) >= 11 is 0. The number of amidine groups is 1. The lowest BCUT2D eigenvalue weighted by atomic mass is 10.1. The van der Waals surface area contributed by atoms with Crippen LogP contribution in [0.3, 0.4) is 0 Å². The van der Waals surface area contributed by atoms with Crippen LogP contribution in [0.25, 0.3) is 0 Å². The van der Waals surface area contributed by atoms with Crippen molar-refractivity contribution in [2.75, 3.05) is 20.2 Å². The maximum absolute atomic E-state index is 6.43. The zero-order chi connectivity index (χ0) is 20.6. The highest BCUT2D eigenvalue weighted by atomic mass is 16.5. The molecule has 3 aromatic carbocycles. The quantitative estimate of drug-likeness (QED) is 0.581. The van der Waals surface area contributed by atoms with Gasteiger partial charge in [0.1, 0.15) is 18.2 Å². The molecule has 0 radical (unpaired) electrons. The van der Waals surface area contributed by atoms with Gasteiger partial charge in [-0.25, -0.2) is 0 Å². The van der Waals surface area contributed by atoms with Gasteiger partial charge in [0.2, 0.25) is 0 Å². The van der Waals surface area contributed by atoms with Crippen molar-refractivity contribution in [1.29, 1.82) is 0 Å². The molecule has 5 nitrogen and oxygen atoms in total. The Balaban J connectivity index is 1.51. The topological polar surface area (TPSA) is 52.1 Å². The Morgan fingerprint density at radius 1 is 0.867 bits per heavy atom. The van der Waals surface area contributed by atoms with Crippen LogP contribution in [-0.4, -0.2) is 32.1 Å². The van der Waals surface area contributed by atoms with E-state index in [-0.39, 0.29) is 6.10 Å². The predicted molar refractivity (Wildman–Crippen MR) is 119 cm³/mol. The van der Waals surface area contributed by atoms with E-state index < -0.39 is 0 Å². The molecule has 1 heterocycles. The first-order valence-corrected chi connectivity index (χ1v) is 10.2. The van der Waals surface area contributed by atoms with Crippen LogP contribution in [0.4, 0.5) is 0 Å². The van der Waals surface area contributed by atoms with Crippen LogP contribution >= 0.6 is 0 Å². The number of nitrogens with zero attached hydrogens (tertiary/aromatic N) is 1. The van der Waals surface area contributed by atoms with Gasteiger partial charge in [0, 0.05) is 13.0 Å². The summed E-state index contributed by atoms with van der Waals surface area (Å²) in [6, 6.07) is 26.0. The van der Waals surface area contributed by atoms with Gasteiger partial charge >= 0.3 is 0 Å². The van der Waals surface area contributed by atoms with Crippen LogP contribution in [0.15, 0.2) is 83.9 Å². The minimum Gasteiger partial charge on any atom is -0.497 e. The number of hydrogen-bond acceptors (Lipinski definition) is 5. The number of rotatable bonds is 9. The molecule has 1 unspecified atom stereocenters. The van der Waals surface area contributed by atoms with Gasteiger partial charge in [-0.3, -0.25) is 4.99 Å². The van der Waals surface area contributed by atoms with Gasteiger partial charge in [0.25, 0.3) is 0 Å². The molecule has 1 aliphatic heterocycles. The SMILES string of the molecule is COc1ccc(CC(Oc2ccccc2OCc2ccccc2)C2=NCCN2)cc1. The first-order valence-electron chi connectivity index (χ1n) is 10.2. The van der Waals surface area contributed by atoms with Gasteiger partial charge in [-0.05, 0) is 35.4 Å². The molecule has 5 heteroatoms. The largest absolute Gasteiger partial charge is 0.497 e. The van der Waals surface area contributed by atoms with E-state index in [1.807, 2.05) is 66.7 Å². The highest BCUT2D eigenvalue weighted by Crippen LogP contribution is 2.29. The lowest BCUT2D eigenvalue weighted by Gasteiger charge is -2.21. The summed E-state index contributed by atoms with van der Waals surface area (Å²) < 4.78 is 17.8. The van der Waals surface area contributed by atoms with Crippen molar-refractivity contribution in [2.24, 2.45) is 4.99 Å². The van der Waals surface area contributed by atoms with Crippen LogP contribution in [0, 0.1) is 0 Å². The molecule has 1 atom stereocenters. The number of para-hydroxylation sites is 2. The van der Waals surface area contributed by atoms with Crippen molar-refractivity contribution in [1.82, 2.24) is 5.32 Å². The molecule has 0 saturated heterocycles. The lowest BCUT2D eigenvalue weighted by molar-refractivity contribution is 0.233. The second-order valence-corrected chi connectivity index (χ2v) is 7.07. The van der Waals surface area contributed by atoms with Crippen molar-refractivity contribution in [3.63, 3.8) is 0 Å². The van der Waals surface area contributed by atoms with E-state index in [0.29, 0.717) is 18.8 Å². The first kappa shape index (κ1) is 19.8. The molecular weight excluding hydrogens is 376 g/mol. The van der Waals surface area contributed by atoms with E-state index in [2.05, 4.69) is 22.4 Å². The minimum atomic E-state index is -0.220. The van der Waals surface area contributed by atoms with Crippen LogP contribution < -0.4 is 19.5 Å². The highest BCUT2D eigenvalue weighted by Gasteiger charge is 2.22. The molecule has 0 saturated carbocycles. The Bertz CT molecular complexity index is 971. The van der Waals surface area contributed by atoms with Crippen LogP contribution in [-0.2, 0) is 13.0 Å². The average molecular weight is 402 g/mol. The second kappa shape index (κ2) is 9.83. The molecule has 0 fully saturated rings. The lowest BCUT2D eigenvalue weighted by Crippen LogP contribution is -2.37. The van der Waals surface area contributed by atoms with Crippen LogP contribution in [0.1, 0.15) is 11.1 Å². The second-order valence-electron chi connectivity index (χ2n) is 7.07. The molecule has 3 aromatic rings. The Labute approximate surface area is 177 Å². The van der Waals surface area contributed by atoms with Crippen molar-refractivity contribution in [2.45, 2.75) is 19.1 Å². The van der Waals surface area contributed by atoms with E-state index in [1.54, 1.807) is 7.11 Å². The normalized spacial score (nSPS) is 13.8. The summed E-state index contributed by atoms with van der Waals surface area (Å²) in [6.07, 6.45) is 0.477. The fraction of sp³-hybridized carbons (Fsp3) is 0.240. The zero-order valence-corrected chi connectivity index (χ0v) is 17.1. The molecule has 0 aliphatic carbocycles. The van der Waals surface area contributed by atoms with E-state index >= 15 is 0 Å². The van der Waals surface area contributed by atoms with Crippen molar-refractivity contribution in [3.8, 4) is 17.2 Å². The first-order chi connectivity index (χ1) is 14.8. The fourth-order valence-electron chi connectivity index (χ4n) is 3.36. The molecule has 0 aromatic heterocycles. The summed E-state index contributed by atoms with van der Waals surface area (Å²) in [5.74, 6) is 3.15. The van der Waals surface area contributed by atoms with Crippen molar-refractivity contribution < 1.29 is 14.2 Å². The number of hydrogen-bond donors (Lipinski definition) is 1. The summed E-state index contributed by atoms with van der Waals surface area (Å²) in [5.41, 5.74) is 2.27. The molecule has 1 N–H and O–H groups in total. The number of aliphatic imine (C=N–C) groups is 1. The van der Waals surface area contributed by atoms with E-state index in [4.69, 9.17) is 14.2 Å². The third-order valence-electron chi connectivity index (χ3n) is 4.94. The molecule has 0 spiro atoms. The number of ether oxygens (including phenoxy) is 3. The maximum atomic E-state index is 6.43. The Kier molecular flexibility index (Phi) is 6.50. The molecule has 154 valence electrons. The Morgan fingerprint density at radius 2 is 1.60 bits per heavy atom.